The van der Waals surface area contributed by atoms with Crippen LogP contribution in [0, 0.1) is 0 Å². The molecule has 0 bridgehead atoms. The van der Waals surface area contributed by atoms with Gasteiger partial charge in [0, 0.05) is 29.9 Å². The van der Waals surface area contributed by atoms with Gasteiger partial charge < -0.3 is 10.2 Å². The summed E-state index contributed by atoms with van der Waals surface area (Å²) in [6, 6.07) is 9.04. The van der Waals surface area contributed by atoms with Gasteiger partial charge >= 0.3 is 0 Å². The molecule has 3 rings (SSSR count). The van der Waals surface area contributed by atoms with Crippen LogP contribution in [0.4, 0.5) is 11.5 Å². The Hall–Kier alpha value is -1.77. The maximum absolute atomic E-state index is 4.79. The van der Waals surface area contributed by atoms with Crippen molar-refractivity contribution < 1.29 is 0 Å². The first-order chi connectivity index (χ1) is 10.3. The van der Waals surface area contributed by atoms with Crippen LogP contribution < -0.4 is 10.2 Å². The average molecular weight is 283 g/mol. The lowest BCUT2D eigenvalue weighted by atomic mass is 10.1. The number of anilines is 2. The Morgan fingerprint density at radius 1 is 1.00 bits per heavy atom. The lowest BCUT2D eigenvalue weighted by Crippen LogP contribution is -2.25. The van der Waals surface area contributed by atoms with E-state index in [1.165, 1.54) is 36.5 Å². The Balaban J connectivity index is 2.03. The molecule has 0 radical (unpaired) electrons. The van der Waals surface area contributed by atoms with Crippen molar-refractivity contribution in [3.63, 3.8) is 0 Å². The van der Waals surface area contributed by atoms with E-state index in [4.69, 9.17) is 4.98 Å². The zero-order chi connectivity index (χ0) is 14.7. The molecular weight excluding hydrogens is 258 g/mol. The summed E-state index contributed by atoms with van der Waals surface area (Å²) in [5.41, 5.74) is 1.14. The predicted molar refractivity (Wildman–Crippen MR) is 91.2 cm³/mol. The van der Waals surface area contributed by atoms with Crippen LogP contribution in [0.25, 0.3) is 10.8 Å². The quantitative estimate of drug-likeness (QED) is 0.903. The van der Waals surface area contributed by atoms with Gasteiger partial charge in [0.2, 0.25) is 0 Å². The molecule has 1 aromatic heterocycles. The third-order valence-corrected chi connectivity index (χ3v) is 4.12. The zero-order valence-corrected chi connectivity index (χ0v) is 13.1. The summed E-state index contributed by atoms with van der Waals surface area (Å²) in [6.45, 7) is 6.59. The molecule has 0 unspecified atom stereocenters. The average Bonchev–Trinajstić information content (AvgIpc) is 2.76. The van der Waals surface area contributed by atoms with E-state index in [-0.39, 0.29) is 0 Å². The van der Waals surface area contributed by atoms with Crippen LogP contribution in [0.1, 0.15) is 39.5 Å². The second kappa shape index (κ2) is 6.33. The van der Waals surface area contributed by atoms with Crippen molar-refractivity contribution in [2.45, 2.75) is 45.6 Å². The first-order valence-electron chi connectivity index (χ1n) is 8.15. The van der Waals surface area contributed by atoms with Gasteiger partial charge in [0.15, 0.2) is 0 Å². The third-order valence-electron chi connectivity index (χ3n) is 4.12. The molecule has 1 aliphatic heterocycles. The number of fused-ring (bicyclic) bond motifs is 1. The maximum atomic E-state index is 4.79. The van der Waals surface area contributed by atoms with E-state index in [9.17, 15) is 0 Å². The number of aromatic nitrogens is 1. The lowest BCUT2D eigenvalue weighted by Gasteiger charge is -2.24. The summed E-state index contributed by atoms with van der Waals surface area (Å²) in [6.07, 6.45) is 7.26. The fourth-order valence-corrected chi connectivity index (χ4v) is 3.14. The molecule has 2 aromatic rings. The molecule has 1 aromatic carbocycles. The molecule has 112 valence electrons. The van der Waals surface area contributed by atoms with Crippen molar-refractivity contribution in [1.29, 1.82) is 0 Å². The van der Waals surface area contributed by atoms with E-state index in [0.717, 1.165) is 24.6 Å². The van der Waals surface area contributed by atoms with Crippen LogP contribution in [0.5, 0.6) is 0 Å². The maximum Gasteiger partial charge on any atom is 0.136 e. The van der Waals surface area contributed by atoms with Crippen LogP contribution in [0.2, 0.25) is 0 Å². The van der Waals surface area contributed by atoms with E-state index < -0.39 is 0 Å². The summed E-state index contributed by atoms with van der Waals surface area (Å²) in [4.78, 5) is 7.26. The second-order valence-corrected chi connectivity index (χ2v) is 6.24. The first-order valence-corrected chi connectivity index (χ1v) is 8.15. The first kappa shape index (κ1) is 14.2. The minimum Gasteiger partial charge on any atom is -0.381 e. The number of hydrogen-bond donors (Lipinski definition) is 1. The van der Waals surface area contributed by atoms with Crippen LogP contribution >= 0.6 is 0 Å². The fraction of sp³-hybridized carbons (Fsp3) is 0.500. The largest absolute Gasteiger partial charge is 0.381 e. The smallest absolute Gasteiger partial charge is 0.136 e. The minimum absolute atomic E-state index is 0.416. The molecule has 0 spiro atoms. The molecule has 0 saturated carbocycles. The summed E-state index contributed by atoms with van der Waals surface area (Å²) in [5, 5.41) is 6.06. The van der Waals surface area contributed by atoms with Crippen LogP contribution in [-0.2, 0) is 0 Å². The molecule has 1 fully saturated rings. The second-order valence-electron chi connectivity index (χ2n) is 6.24. The minimum atomic E-state index is 0.416. The fourth-order valence-electron chi connectivity index (χ4n) is 3.14. The van der Waals surface area contributed by atoms with Crippen molar-refractivity contribution in [2.75, 3.05) is 23.3 Å². The molecule has 2 heterocycles. The summed E-state index contributed by atoms with van der Waals surface area (Å²) in [7, 11) is 0. The van der Waals surface area contributed by atoms with Gasteiger partial charge in [-0.05, 0) is 26.7 Å². The van der Waals surface area contributed by atoms with Crippen LogP contribution in [0.3, 0.4) is 0 Å². The Morgan fingerprint density at radius 3 is 2.33 bits per heavy atom. The number of rotatable bonds is 3. The molecule has 0 atom stereocenters. The van der Waals surface area contributed by atoms with Crippen molar-refractivity contribution in [3.8, 4) is 0 Å². The van der Waals surface area contributed by atoms with Crippen molar-refractivity contribution in [1.82, 2.24) is 4.98 Å². The standard InChI is InChI=1S/C18H25N3/c1-14(2)20-17-13-19-18(16-10-6-5-9-15(16)17)21-11-7-3-4-8-12-21/h5-6,9-10,13-14,20H,3-4,7-8,11-12H2,1-2H3. The van der Waals surface area contributed by atoms with Gasteiger partial charge in [0.25, 0.3) is 0 Å². The van der Waals surface area contributed by atoms with Crippen LogP contribution in [0.15, 0.2) is 30.5 Å². The van der Waals surface area contributed by atoms with Gasteiger partial charge in [-0.25, -0.2) is 4.98 Å². The highest BCUT2D eigenvalue weighted by Crippen LogP contribution is 2.31. The lowest BCUT2D eigenvalue weighted by molar-refractivity contribution is 0.726. The number of pyridine rings is 1. The van der Waals surface area contributed by atoms with Gasteiger partial charge in [-0.2, -0.15) is 0 Å². The van der Waals surface area contributed by atoms with Gasteiger partial charge in [-0.3, -0.25) is 0 Å². The summed E-state index contributed by atoms with van der Waals surface area (Å²) >= 11 is 0. The molecule has 3 nitrogen and oxygen atoms in total. The highest BCUT2D eigenvalue weighted by atomic mass is 15.2. The molecular formula is C18H25N3. The summed E-state index contributed by atoms with van der Waals surface area (Å²) < 4.78 is 0. The van der Waals surface area contributed by atoms with Gasteiger partial charge in [-0.1, -0.05) is 37.1 Å². The molecule has 21 heavy (non-hydrogen) atoms. The number of hydrogen-bond acceptors (Lipinski definition) is 3. The van der Waals surface area contributed by atoms with Gasteiger partial charge in [0.05, 0.1) is 11.9 Å². The Bertz CT molecular complexity index is 598. The molecule has 1 N–H and O–H groups in total. The monoisotopic (exact) mass is 283 g/mol. The highest BCUT2D eigenvalue weighted by Gasteiger charge is 2.15. The molecule has 0 aliphatic carbocycles. The Kier molecular flexibility index (Phi) is 4.28. The Labute approximate surface area is 127 Å². The van der Waals surface area contributed by atoms with E-state index in [1.54, 1.807) is 0 Å². The van der Waals surface area contributed by atoms with Gasteiger partial charge in [0.1, 0.15) is 5.82 Å². The van der Waals surface area contributed by atoms with E-state index >= 15 is 0 Å². The molecule has 1 aliphatic rings. The number of nitrogens with zero attached hydrogens (tertiary/aromatic N) is 2. The molecule has 1 saturated heterocycles. The summed E-state index contributed by atoms with van der Waals surface area (Å²) in [5.74, 6) is 1.15. The Morgan fingerprint density at radius 2 is 1.67 bits per heavy atom. The molecule has 3 heteroatoms. The number of nitrogens with one attached hydrogen (secondary N) is 1. The van der Waals surface area contributed by atoms with Crippen molar-refractivity contribution >= 4 is 22.3 Å². The van der Waals surface area contributed by atoms with E-state index in [2.05, 4.69) is 48.3 Å². The van der Waals surface area contributed by atoms with Crippen molar-refractivity contribution in [2.24, 2.45) is 0 Å². The van der Waals surface area contributed by atoms with Gasteiger partial charge in [-0.15, -0.1) is 0 Å². The number of benzene rings is 1. The highest BCUT2D eigenvalue weighted by molar-refractivity contribution is 6.00. The zero-order valence-electron chi connectivity index (χ0n) is 13.1. The molecule has 0 amide bonds. The predicted octanol–water partition coefficient (Wildman–Crippen LogP) is 4.44. The van der Waals surface area contributed by atoms with Crippen LogP contribution in [-0.4, -0.2) is 24.1 Å². The van der Waals surface area contributed by atoms with E-state index in [0.29, 0.717) is 6.04 Å². The topological polar surface area (TPSA) is 28.2 Å². The normalized spacial score (nSPS) is 16.2. The van der Waals surface area contributed by atoms with E-state index in [1.807, 2.05) is 6.20 Å². The van der Waals surface area contributed by atoms with Crippen molar-refractivity contribution in [3.05, 3.63) is 30.5 Å². The SMILES string of the molecule is CC(C)Nc1cnc(N2CCCCCC2)c2ccccc12. The third kappa shape index (κ3) is 3.12.